The molecule has 0 saturated carbocycles. The van der Waals surface area contributed by atoms with Crippen molar-refractivity contribution in [1.29, 1.82) is 0 Å². The summed E-state index contributed by atoms with van der Waals surface area (Å²) < 4.78 is 0. The van der Waals surface area contributed by atoms with E-state index >= 15 is 0 Å². The Bertz CT molecular complexity index is 438. The van der Waals surface area contributed by atoms with Gasteiger partial charge >= 0.3 is 0 Å². The van der Waals surface area contributed by atoms with Crippen molar-refractivity contribution in [2.75, 3.05) is 40.3 Å². The average Bonchev–Trinajstić information content (AvgIpc) is 2.41. The lowest BCUT2D eigenvalue weighted by atomic mass is 9.94. The molecule has 1 fully saturated rings. The van der Waals surface area contributed by atoms with Gasteiger partial charge in [0.15, 0.2) is 0 Å². The van der Waals surface area contributed by atoms with Crippen LogP contribution in [0.3, 0.4) is 0 Å². The SMILES string of the molecule is CCNC(CC1CN(C)CCN1C)c1cc(C)cc(C)c1. The van der Waals surface area contributed by atoms with Crippen molar-refractivity contribution in [2.45, 2.75) is 39.3 Å². The van der Waals surface area contributed by atoms with Crippen LogP contribution in [-0.2, 0) is 0 Å². The molecule has 1 saturated heterocycles. The van der Waals surface area contributed by atoms with Gasteiger partial charge in [-0.1, -0.05) is 36.2 Å². The van der Waals surface area contributed by atoms with Gasteiger partial charge < -0.3 is 15.1 Å². The van der Waals surface area contributed by atoms with Gasteiger partial charge in [-0.05, 0) is 46.5 Å². The minimum atomic E-state index is 0.451. The molecule has 0 aliphatic carbocycles. The second-order valence-electron chi connectivity index (χ2n) is 6.66. The van der Waals surface area contributed by atoms with Crippen LogP contribution in [0, 0.1) is 13.8 Å². The van der Waals surface area contributed by atoms with Gasteiger partial charge in [-0.2, -0.15) is 0 Å². The number of piperazine rings is 1. The van der Waals surface area contributed by atoms with Gasteiger partial charge in [0.2, 0.25) is 0 Å². The van der Waals surface area contributed by atoms with E-state index in [9.17, 15) is 0 Å². The minimum Gasteiger partial charge on any atom is -0.310 e. The molecule has 0 radical (unpaired) electrons. The van der Waals surface area contributed by atoms with E-state index in [0.29, 0.717) is 12.1 Å². The summed E-state index contributed by atoms with van der Waals surface area (Å²) in [7, 11) is 4.50. The van der Waals surface area contributed by atoms with Crippen LogP contribution in [0.15, 0.2) is 18.2 Å². The van der Waals surface area contributed by atoms with Crippen LogP contribution in [0.5, 0.6) is 0 Å². The zero-order valence-corrected chi connectivity index (χ0v) is 14.3. The molecule has 1 heterocycles. The highest BCUT2D eigenvalue weighted by atomic mass is 15.3. The molecule has 3 nitrogen and oxygen atoms in total. The lowest BCUT2D eigenvalue weighted by Gasteiger charge is -2.39. The van der Waals surface area contributed by atoms with Gasteiger partial charge in [0.25, 0.3) is 0 Å². The third-order valence-corrected chi connectivity index (χ3v) is 4.58. The molecule has 0 bridgehead atoms. The second-order valence-corrected chi connectivity index (χ2v) is 6.66. The molecule has 1 aromatic carbocycles. The summed E-state index contributed by atoms with van der Waals surface area (Å²) in [5.41, 5.74) is 4.17. The van der Waals surface area contributed by atoms with E-state index in [-0.39, 0.29) is 0 Å². The molecule has 118 valence electrons. The van der Waals surface area contributed by atoms with Crippen LogP contribution in [0.1, 0.15) is 36.1 Å². The van der Waals surface area contributed by atoms with Crippen LogP contribution >= 0.6 is 0 Å². The fourth-order valence-electron chi connectivity index (χ4n) is 3.42. The minimum absolute atomic E-state index is 0.451. The molecule has 1 N–H and O–H groups in total. The zero-order valence-electron chi connectivity index (χ0n) is 14.3. The van der Waals surface area contributed by atoms with E-state index in [1.54, 1.807) is 0 Å². The predicted octanol–water partition coefficient (Wildman–Crippen LogP) is 2.59. The third-order valence-electron chi connectivity index (χ3n) is 4.58. The lowest BCUT2D eigenvalue weighted by molar-refractivity contribution is 0.101. The molecule has 1 aliphatic rings. The molecule has 0 spiro atoms. The largest absolute Gasteiger partial charge is 0.310 e. The summed E-state index contributed by atoms with van der Waals surface area (Å²) in [6, 6.07) is 8.02. The molecule has 2 atom stereocenters. The van der Waals surface area contributed by atoms with Crippen molar-refractivity contribution >= 4 is 0 Å². The number of likely N-dealkylation sites (N-methyl/N-ethyl adjacent to an activating group) is 2. The molecule has 1 aromatic rings. The van der Waals surface area contributed by atoms with Crippen LogP contribution in [0.4, 0.5) is 0 Å². The van der Waals surface area contributed by atoms with Crippen LogP contribution < -0.4 is 5.32 Å². The first-order chi connectivity index (χ1) is 9.99. The number of benzene rings is 1. The van der Waals surface area contributed by atoms with Crippen molar-refractivity contribution in [3.8, 4) is 0 Å². The van der Waals surface area contributed by atoms with Crippen molar-refractivity contribution in [3.63, 3.8) is 0 Å². The lowest BCUT2D eigenvalue weighted by Crippen LogP contribution is -2.51. The van der Waals surface area contributed by atoms with Crippen molar-refractivity contribution < 1.29 is 0 Å². The Morgan fingerprint density at radius 2 is 1.81 bits per heavy atom. The van der Waals surface area contributed by atoms with Gasteiger partial charge in [0, 0.05) is 31.7 Å². The van der Waals surface area contributed by atoms with E-state index in [4.69, 9.17) is 0 Å². The van der Waals surface area contributed by atoms with E-state index < -0.39 is 0 Å². The second kappa shape index (κ2) is 7.39. The summed E-state index contributed by atoms with van der Waals surface area (Å²) in [6.45, 7) is 11.1. The number of hydrogen-bond acceptors (Lipinski definition) is 3. The van der Waals surface area contributed by atoms with Crippen molar-refractivity contribution in [3.05, 3.63) is 34.9 Å². The Labute approximate surface area is 130 Å². The fourth-order valence-corrected chi connectivity index (χ4v) is 3.42. The van der Waals surface area contributed by atoms with E-state index in [1.165, 1.54) is 42.7 Å². The van der Waals surface area contributed by atoms with Gasteiger partial charge in [-0.3, -0.25) is 0 Å². The Balaban J connectivity index is 2.14. The molecule has 0 amide bonds. The molecule has 21 heavy (non-hydrogen) atoms. The molecule has 1 aliphatic heterocycles. The number of aryl methyl sites for hydroxylation is 2. The topological polar surface area (TPSA) is 18.5 Å². The fraction of sp³-hybridized carbons (Fsp3) is 0.667. The van der Waals surface area contributed by atoms with Crippen molar-refractivity contribution in [1.82, 2.24) is 15.1 Å². The first-order valence-corrected chi connectivity index (χ1v) is 8.20. The molecule has 3 heteroatoms. The first-order valence-electron chi connectivity index (χ1n) is 8.20. The van der Waals surface area contributed by atoms with Crippen molar-refractivity contribution in [2.24, 2.45) is 0 Å². The Morgan fingerprint density at radius 1 is 1.14 bits per heavy atom. The maximum Gasteiger partial charge on any atom is 0.0335 e. The molecule has 0 aromatic heterocycles. The maximum atomic E-state index is 3.69. The highest BCUT2D eigenvalue weighted by Crippen LogP contribution is 2.24. The quantitative estimate of drug-likeness (QED) is 0.899. The number of rotatable bonds is 5. The third kappa shape index (κ3) is 4.53. The summed E-state index contributed by atoms with van der Waals surface area (Å²) in [4.78, 5) is 4.97. The first kappa shape index (κ1) is 16.5. The van der Waals surface area contributed by atoms with E-state index in [0.717, 1.165) is 6.54 Å². The Morgan fingerprint density at radius 3 is 2.43 bits per heavy atom. The zero-order chi connectivity index (χ0) is 15.4. The molecule has 2 rings (SSSR count). The van der Waals surface area contributed by atoms with Crippen LogP contribution in [0.2, 0.25) is 0 Å². The molecular formula is C18H31N3. The number of hydrogen-bond donors (Lipinski definition) is 1. The summed E-state index contributed by atoms with van der Waals surface area (Å²) >= 11 is 0. The molecule has 2 unspecified atom stereocenters. The Kier molecular flexibility index (Phi) is 5.80. The smallest absolute Gasteiger partial charge is 0.0335 e. The van der Waals surface area contributed by atoms with Crippen LogP contribution in [-0.4, -0.2) is 56.1 Å². The average molecular weight is 289 g/mol. The van der Waals surface area contributed by atoms with Crippen LogP contribution in [0.25, 0.3) is 0 Å². The van der Waals surface area contributed by atoms with Gasteiger partial charge in [-0.15, -0.1) is 0 Å². The predicted molar refractivity (Wildman–Crippen MR) is 90.9 cm³/mol. The highest BCUT2D eigenvalue weighted by molar-refractivity contribution is 5.30. The van der Waals surface area contributed by atoms with Gasteiger partial charge in [-0.25, -0.2) is 0 Å². The number of nitrogens with one attached hydrogen (secondary N) is 1. The standard InChI is InChI=1S/C18H31N3/c1-6-19-18(16-10-14(2)9-15(3)11-16)12-17-13-20(4)7-8-21(17)5/h9-11,17-19H,6-8,12-13H2,1-5H3. The molecular weight excluding hydrogens is 258 g/mol. The summed E-state index contributed by atoms with van der Waals surface area (Å²) in [6.07, 6.45) is 1.18. The summed E-state index contributed by atoms with van der Waals surface area (Å²) in [5, 5.41) is 3.69. The maximum absolute atomic E-state index is 3.69. The van der Waals surface area contributed by atoms with Gasteiger partial charge in [0.05, 0.1) is 0 Å². The Hall–Kier alpha value is -0.900. The number of nitrogens with zero attached hydrogens (tertiary/aromatic N) is 2. The monoisotopic (exact) mass is 289 g/mol. The normalized spacial score (nSPS) is 22.4. The summed E-state index contributed by atoms with van der Waals surface area (Å²) in [5.74, 6) is 0. The highest BCUT2D eigenvalue weighted by Gasteiger charge is 2.25. The van der Waals surface area contributed by atoms with E-state index in [2.05, 4.69) is 68.2 Å². The van der Waals surface area contributed by atoms with Gasteiger partial charge in [0.1, 0.15) is 0 Å². The van der Waals surface area contributed by atoms with E-state index in [1.807, 2.05) is 0 Å².